The van der Waals surface area contributed by atoms with Crippen molar-refractivity contribution in [3.05, 3.63) is 0 Å². The Morgan fingerprint density at radius 2 is 2.00 bits per heavy atom. The third kappa shape index (κ3) is 3.06. The Bertz CT molecular complexity index is 245. The van der Waals surface area contributed by atoms with E-state index in [-0.39, 0.29) is 5.54 Å². The quantitative estimate of drug-likeness (QED) is 0.786. The van der Waals surface area contributed by atoms with E-state index in [1.165, 1.54) is 51.7 Å². The second kappa shape index (κ2) is 6.36. The van der Waals surface area contributed by atoms with Crippen LogP contribution in [0.1, 0.15) is 45.4 Å². The summed E-state index contributed by atoms with van der Waals surface area (Å²) in [5, 5.41) is 13.1. The normalized spacial score (nSPS) is 35.2. The van der Waals surface area contributed by atoms with Gasteiger partial charge in [0, 0.05) is 5.54 Å². The molecule has 0 aromatic heterocycles. The number of aliphatic hydroxyl groups excluding tert-OH is 1. The van der Waals surface area contributed by atoms with E-state index in [0.29, 0.717) is 12.5 Å². The standard InChI is InChI=1S/C15H30N2O/c1-13-5-9-17(10-6-13)11-7-14-4-3-8-15(14,12-18)16-2/h13-14,16,18H,3-12H2,1-2H3. The largest absolute Gasteiger partial charge is 0.394 e. The van der Waals surface area contributed by atoms with Crippen LogP contribution < -0.4 is 5.32 Å². The Morgan fingerprint density at radius 1 is 1.28 bits per heavy atom. The molecule has 0 aromatic rings. The molecule has 1 aliphatic carbocycles. The molecule has 1 aliphatic heterocycles. The molecule has 0 bridgehead atoms. The molecule has 18 heavy (non-hydrogen) atoms. The lowest BCUT2D eigenvalue weighted by Gasteiger charge is -2.36. The van der Waals surface area contributed by atoms with Gasteiger partial charge in [-0.15, -0.1) is 0 Å². The average Bonchev–Trinajstić information content (AvgIpc) is 2.81. The van der Waals surface area contributed by atoms with E-state index in [9.17, 15) is 5.11 Å². The summed E-state index contributed by atoms with van der Waals surface area (Å²) >= 11 is 0. The molecule has 1 saturated heterocycles. The Balaban J connectivity index is 1.79. The number of aliphatic hydroxyl groups is 1. The zero-order valence-corrected chi connectivity index (χ0v) is 12.1. The average molecular weight is 254 g/mol. The highest BCUT2D eigenvalue weighted by molar-refractivity contribution is 4.98. The maximum absolute atomic E-state index is 9.68. The molecular formula is C15H30N2O. The molecule has 1 heterocycles. The van der Waals surface area contributed by atoms with E-state index < -0.39 is 0 Å². The van der Waals surface area contributed by atoms with Crippen molar-refractivity contribution in [1.82, 2.24) is 10.2 Å². The first-order chi connectivity index (χ1) is 8.70. The van der Waals surface area contributed by atoms with Crippen LogP contribution in [0.2, 0.25) is 0 Å². The summed E-state index contributed by atoms with van der Waals surface area (Å²) in [5.74, 6) is 1.58. The fourth-order valence-electron chi connectivity index (χ4n) is 3.81. The van der Waals surface area contributed by atoms with Crippen molar-refractivity contribution in [1.29, 1.82) is 0 Å². The van der Waals surface area contributed by atoms with Crippen LogP contribution in [0.15, 0.2) is 0 Å². The molecule has 1 saturated carbocycles. The number of hydrogen-bond donors (Lipinski definition) is 2. The smallest absolute Gasteiger partial charge is 0.0615 e. The van der Waals surface area contributed by atoms with E-state index in [1.807, 2.05) is 7.05 Å². The number of rotatable bonds is 5. The minimum absolute atomic E-state index is 0.0169. The first-order valence-electron chi connectivity index (χ1n) is 7.72. The highest BCUT2D eigenvalue weighted by atomic mass is 16.3. The predicted molar refractivity (Wildman–Crippen MR) is 75.7 cm³/mol. The van der Waals surface area contributed by atoms with Gasteiger partial charge in [-0.05, 0) is 70.6 Å². The molecule has 2 fully saturated rings. The first-order valence-corrected chi connectivity index (χ1v) is 7.72. The molecule has 0 spiro atoms. The first kappa shape index (κ1) is 14.3. The van der Waals surface area contributed by atoms with Crippen LogP contribution in [-0.4, -0.2) is 48.8 Å². The van der Waals surface area contributed by atoms with Gasteiger partial charge in [-0.1, -0.05) is 13.3 Å². The molecule has 0 amide bonds. The van der Waals surface area contributed by atoms with Gasteiger partial charge in [0.05, 0.1) is 6.61 Å². The van der Waals surface area contributed by atoms with Crippen molar-refractivity contribution < 1.29 is 5.11 Å². The zero-order valence-electron chi connectivity index (χ0n) is 12.1. The maximum atomic E-state index is 9.68. The van der Waals surface area contributed by atoms with Crippen LogP contribution in [0.4, 0.5) is 0 Å². The highest BCUT2D eigenvalue weighted by Gasteiger charge is 2.40. The zero-order chi connectivity index (χ0) is 13.0. The topological polar surface area (TPSA) is 35.5 Å². The van der Waals surface area contributed by atoms with Gasteiger partial charge in [0.15, 0.2) is 0 Å². The fraction of sp³-hybridized carbons (Fsp3) is 1.00. The van der Waals surface area contributed by atoms with Gasteiger partial charge < -0.3 is 15.3 Å². The molecule has 106 valence electrons. The lowest BCUT2D eigenvalue weighted by molar-refractivity contribution is 0.111. The van der Waals surface area contributed by atoms with Crippen LogP contribution in [0.25, 0.3) is 0 Å². The van der Waals surface area contributed by atoms with Gasteiger partial charge in [-0.2, -0.15) is 0 Å². The van der Waals surface area contributed by atoms with E-state index in [1.54, 1.807) is 0 Å². The predicted octanol–water partition coefficient (Wildman–Crippen LogP) is 1.86. The number of hydrogen-bond acceptors (Lipinski definition) is 3. The second-order valence-electron chi connectivity index (χ2n) is 6.47. The van der Waals surface area contributed by atoms with Crippen molar-refractivity contribution in [3.8, 4) is 0 Å². The van der Waals surface area contributed by atoms with Crippen LogP contribution >= 0.6 is 0 Å². The minimum atomic E-state index is 0.0169. The number of nitrogens with one attached hydrogen (secondary N) is 1. The molecule has 0 aromatic carbocycles. The van der Waals surface area contributed by atoms with Crippen LogP contribution in [0.3, 0.4) is 0 Å². The minimum Gasteiger partial charge on any atom is -0.394 e. The summed E-state index contributed by atoms with van der Waals surface area (Å²) in [4.78, 5) is 2.62. The lowest BCUT2D eigenvalue weighted by atomic mass is 9.85. The summed E-state index contributed by atoms with van der Waals surface area (Å²) in [5.41, 5.74) is 0.0169. The Morgan fingerprint density at radius 3 is 2.61 bits per heavy atom. The number of piperidine rings is 1. The van der Waals surface area contributed by atoms with E-state index in [2.05, 4.69) is 17.1 Å². The van der Waals surface area contributed by atoms with Crippen molar-refractivity contribution >= 4 is 0 Å². The molecule has 2 rings (SSSR count). The third-order valence-corrected chi connectivity index (χ3v) is 5.41. The highest BCUT2D eigenvalue weighted by Crippen LogP contribution is 2.37. The van der Waals surface area contributed by atoms with E-state index >= 15 is 0 Å². The van der Waals surface area contributed by atoms with Gasteiger partial charge in [0.25, 0.3) is 0 Å². The molecule has 2 aliphatic rings. The second-order valence-corrected chi connectivity index (χ2v) is 6.47. The monoisotopic (exact) mass is 254 g/mol. The molecule has 2 N–H and O–H groups in total. The number of likely N-dealkylation sites (N-methyl/N-ethyl adjacent to an activating group) is 1. The number of likely N-dealkylation sites (tertiary alicyclic amines) is 1. The van der Waals surface area contributed by atoms with Crippen molar-refractivity contribution in [2.45, 2.75) is 51.0 Å². The van der Waals surface area contributed by atoms with Crippen LogP contribution in [0.5, 0.6) is 0 Å². The summed E-state index contributed by atoms with van der Waals surface area (Å²) in [7, 11) is 2.01. The summed E-state index contributed by atoms with van der Waals surface area (Å²) in [6.45, 7) is 6.44. The van der Waals surface area contributed by atoms with Gasteiger partial charge in [-0.25, -0.2) is 0 Å². The maximum Gasteiger partial charge on any atom is 0.0615 e. The van der Waals surface area contributed by atoms with Gasteiger partial charge >= 0.3 is 0 Å². The van der Waals surface area contributed by atoms with Crippen molar-refractivity contribution in [3.63, 3.8) is 0 Å². The molecule has 0 radical (unpaired) electrons. The van der Waals surface area contributed by atoms with E-state index in [4.69, 9.17) is 0 Å². The van der Waals surface area contributed by atoms with Crippen molar-refractivity contribution in [2.24, 2.45) is 11.8 Å². The Labute approximate surface area is 112 Å². The van der Waals surface area contributed by atoms with E-state index in [0.717, 1.165) is 12.3 Å². The molecule has 2 atom stereocenters. The molecule has 3 heteroatoms. The molecule has 3 nitrogen and oxygen atoms in total. The molecule has 2 unspecified atom stereocenters. The van der Waals surface area contributed by atoms with Crippen LogP contribution in [0, 0.1) is 11.8 Å². The Hall–Kier alpha value is -0.120. The van der Waals surface area contributed by atoms with Gasteiger partial charge in [0.1, 0.15) is 0 Å². The summed E-state index contributed by atoms with van der Waals surface area (Å²) in [6, 6.07) is 0. The van der Waals surface area contributed by atoms with Gasteiger partial charge in [0.2, 0.25) is 0 Å². The Kier molecular flexibility index (Phi) is 5.05. The van der Waals surface area contributed by atoms with Crippen LogP contribution in [-0.2, 0) is 0 Å². The third-order valence-electron chi connectivity index (χ3n) is 5.41. The fourth-order valence-corrected chi connectivity index (χ4v) is 3.81. The lowest BCUT2D eigenvalue weighted by Crippen LogP contribution is -2.50. The SMILES string of the molecule is CNC1(CO)CCCC1CCN1CCC(C)CC1. The summed E-state index contributed by atoms with van der Waals surface area (Å²) < 4.78 is 0. The van der Waals surface area contributed by atoms with Crippen molar-refractivity contribution in [2.75, 3.05) is 33.3 Å². The molecular weight excluding hydrogens is 224 g/mol. The number of nitrogens with zero attached hydrogens (tertiary/aromatic N) is 1. The van der Waals surface area contributed by atoms with Gasteiger partial charge in [-0.3, -0.25) is 0 Å². The summed E-state index contributed by atoms with van der Waals surface area (Å²) in [6.07, 6.45) is 7.66.